The lowest BCUT2D eigenvalue weighted by Gasteiger charge is -2.39. The largest absolute Gasteiger partial charge is 0.396 e. The van der Waals surface area contributed by atoms with Crippen LogP contribution in [0.4, 0.5) is 0 Å². The van der Waals surface area contributed by atoms with Crippen molar-refractivity contribution in [2.24, 2.45) is 5.41 Å². The summed E-state index contributed by atoms with van der Waals surface area (Å²) in [6.45, 7) is 3.53. The molecule has 72 valence electrons. The SMILES string of the molecule is Cc1csc(CC2(CO)COC2)n1. The molecule has 0 radical (unpaired) electrons. The molecule has 0 atom stereocenters. The second-order valence-corrected chi connectivity index (χ2v) is 4.65. The lowest BCUT2D eigenvalue weighted by atomic mass is 9.84. The third kappa shape index (κ3) is 1.75. The minimum Gasteiger partial charge on any atom is -0.396 e. The van der Waals surface area contributed by atoms with E-state index in [2.05, 4.69) is 4.98 Å². The van der Waals surface area contributed by atoms with Gasteiger partial charge in [0.2, 0.25) is 0 Å². The molecule has 1 aliphatic heterocycles. The number of hydrogen-bond acceptors (Lipinski definition) is 4. The molecular formula is C9H13NO2S. The first kappa shape index (κ1) is 9.12. The summed E-state index contributed by atoms with van der Waals surface area (Å²) in [7, 11) is 0. The van der Waals surface area contributed by atoms with Gasteiger partial charge in [0.15, 0.2) is 0 Å². The summed E-state index contributed by atoms with van der Waals surface area (Å²) in [5, 5.41) is 12.3. The fourth-order valence-electron chi connectivity index (χ4n) is 1.44. The minimum atomic E-state index is -0.0374. The molecule has 0 bridgehead atoms. The van der Waals surface area contributed by atoms with Gasteiger partial charge in [0, 0.05) is 22.9 Å². The van der Waals surface area contributed by atoms with Crippen LogP contribution in [0.5, 0.6) is 0 Å². The van der Waals surface area contributed by atoms with Crippen LogP contribution in [-0.4, -0.2) is 29.9 Å². The minimum absolute atomic E-state index is 0.0374. The molecule has 0 saturated carbocycles. The summed E-state index contributed by atoms with van der Waals surface area (Å²) in [5.74, 6) is 0. The maximum absolute atomic E-state index is 9.20. The standard InChI is InChI=1S/C9H13NO2S/c1-7-3-13-8(10-7)2-9(4-11)5-12-6-9/h3,11H,2,4-6H2,1H3. The summed E-state index contributed by atoms with van der Waals surface area (Å²) in [6, 6.07) is 0. The monoisotopic (exact) mass is 199 g/mol. The van der Waals surface area contributed by atoms with Gasteiger partial charge in [-0.05, 0) is 6.92 Å². The van der Waals surface area contributed by atoms with Crippen molar-refractivity contribution in [3.8, 4) is 0 Å². The van der Waals surface area contributed by atoms with E-state index in [0.29, 0.717) is 13.2 Å². The number of aromatic nitrogens is 1. The zero-order chi connectivity index (χ0) is 9.31. The molecule has 0 aliphatic carbocycles. The highest BCUT2D eigenvalue weighted by atomic mass is 32.1. The van der Waals surface area contributed by atoms with Crippen molar-refractivity contribution in [1.29, 1.82) is 0 Å². The highest BCUT2D eigenvalue weighted by Gasteiger charge is 2.38. The Labute approximate surface area is 81.4 Å². The van der Waals surface area contributed by atoms with E-state index in [1.165, 1.54) is 0 Å². The Morgan fingerprint density at radius 1 is 1.69 bits per heavy atom. The Hall–Kier alpha value is -0.450. The quantitative estimate of drug-likeness (QED) is 0.789. The number of aliphatic hydroxyl groups excluding tert-OH is 1. The smallest absolute Gasteiger partial charge is 0.0936 e. The van der Waals surface area contributed by atoms with Crippen molar-refractivity contribution in [1.82, 2.24) is 4.98 Å². The van der Waals surface area contributed by atoms with Crippen LogP contribution in [-0.2, 0) is 11.2 Å². The Bertz CT molecular complexity index is 288. The topological polar surface area (TPSA) is 42.4 Å². The van der Waals surface area contributed by atoms with Crippen LogP contribution < -0.4 is 0 Å². The molecule has 2 rings (SSSR count). The Balaban J connectivity index is 2.04. The predicted octanol–water partition coefficient (Wildman–Crippen LogP) is 1.00. The molecule has 0 spiro atoms. The first-order valence-corrected chi connectivity index (χ1v) is 5.22. The van der Waals surface area contributed by atoms with E-state index in [1.54, 1.807) is 11.3 Å². The van der Waals surface area contributed by atoms with Gasteiger partial charge in [0.25, 0.3) is 0 Å². The molecular weight excluding hydrogens is 186 g/mol. The molecule has 1 aliphatic rings. The van der Waals surface area contributed by atoms with Gasteiger partial charge >= 0.3 is 0 Å². The third-order valence-electron chi connectivity index (χ3n) is 2.34. The summed E-state index contributed by atoms with van der Waals surface area (Å²) in [4.78, 5) is 4.38. The van der Waals surface area contributed by atoms with E-state index in [9.17, 15) is 5.11 Å². The van der Waals surface area contributed by atoms with Crippen LogP contribution in [0.2, 0.25) is 0 Å². The van der Waals surface area contributed by atoms with E-state index < -0.39 is 0 Å². The Kier molecular flexibility index (Phi) is 2.36. The molecule has 2 heterocycles. The van der Waals surface area contributed by atoms with Gasteiger partial charge in [-0.2, -0.15) is 0 Å². The van der Waals surface area contributed by atoms with Crippen LogP contribution >= 0.6 is 11.3 Å². The maximum Gasteiger partial charge on any atom is 0.0936 e. The second kappa shape index (κ2) is 3.36. The van der Waals surface area contributed by atoms with Gasteiger partial charge in [0.1, 0.15) is 0 Å². The average Bonchev–Trinajstić information content (AvgIpc) is 2.44. The van der Waals surface area contributed by atoms with Gasteiger partial charge in [-0.15, -0.1) is 11.3 Å². The van der Waals surface area contributed by atoms with Crippen LogP contribution in [0.25, 0.3) is 0 Å². The number of hydrogen-bond donors (Lipinski definition) is 1. The Morgan fingerprint density at radius 2 is 2.46 bits per heavy atom. The van der Waals surface area contributed by atoms with Crippen LogP contribution in [0.3, 0.4) is 0 Å². The summed E-state index contributed by atoms with van der Waals surface area (Å²) in [5.41, 5.74) is 1.03. The Morgan fingerprint density at radius 3 is 2.85 bits per heavy atom. The number of aryl methyl sites for hydroxylation is 1. The highest BCUT2D eigenvalue weighted by Crippen LogP contribution is 2.31. The number of thiazole rings is 1. The molecule has 4 heteroatoms. The predicted molar refractivity (Wildman–Crippen MR) is 50.9 cm³/mol. The maximum atomic E-state index is 9.20. The number of nitrogens with zero attached hydrogens (tertiary/aromatic N) is 1. The van der Waals surface area contributed by atoms with Gasteiger partial charge < -0.3 is 9.84 Å². The molecule has 0 unspecified atom stereocenters. The first-order valence-electron chi connectivity index (χ1n) is 4.34. The van der Waals surface area contributed by atoms with Crippen LogP contribution in [0.15, 0.2) is 5.38 Å². The number of rotatable bonds is 3. The lowest BCUT2D eigenvalue weighted by Crippen LogP contribution is -2.47. The van der Waals surface area contributed by atoms with Crippen LogP contribution in [0.1, 0.15) is 10.7 Å². The van der Waals surface area contributed by atoms with Crippen molar-refractivity contribution in [3.63, 3.8) is 0 Å². The molecule has 3 nitrogen and oxygen atoms in total. The second-order valence-electron chi connectivity index (χ2n) is 3.71. The molecule has 13 heavy (non-hydrogen) atoms. The van der Waals surface area contributed by atoms with Gasteiger partial charge in [-0.1, -0.05) is 0 Å². The average molecular weight is 199 g/mol. The van der Waals surface area contributed by atoms with E-state index >= 15 is 0 Å². The van der Waals surface area contributed by atoms with Crippen molar-refractivity contribution in [2.45, 2.75) is 13.3 Å². The molecule has 1 saturated heterocycles. The van der Waals surface area contributed by atoms with E-state index in [1.807, 2.05) is 12.3 Å². The van der Waals surface area contributed by atoms with Gasteiger partial charge in [-0.3, -0.25) is 0 Å². The molecule has 1 aromatic heterocycles. The summed E-state index contributed by atoms with van der Waals surface area (Å²) < 4.78 is 5.12. The van der Waals surface area contributed by atoms with Crippen LogP contribution in [0, 0.1) is 12.3 Å². The van der Waals surface area contributed by atoms with E-state index in [4.69, 9.17) is 4.74 Å². The zero-order valence-corrected chi connectivity index (χ0v) is 8.43. The number of aliphatic hydroxyl groups is 1. The molecule has 1 aromatic rings. The lowest BCUT2D eigenvalue weighted by molar-refractivity contribution is -0.136. The van der Waals surface area contributed by atoms with Crippen molar-refractivity contribution in [2.75, 3.05) is 19.8 Å². The van der Waals surface area contributed by atoms with Gasteiger partial charge in [0.05, 0.1) is 24.8 Å². The van der Waals surface area contributed by atoms with E-state index in [-0.39, 0.29) is 12.0 Å². The summed E-state index contributed by atoms with van der Waals surface area (Å²) in [6.07, 6.45) is 0.849. The first-order chi connectivity index (χ1) is 6.24. The third-order valence-corrected chi connectivity index (χ3v) is 3.31. The highest BCUT2D eigenvalue weighted by molar-refractivity contribution is 7.09. The van der Waals surface area contributed by atoms with Crippen molar-refractivity contribution < 1.29 is 9.84 Å². The fourth-order valence-corrected chi connectivity index (χ4v) is 2.39. The molecule has 0 aromatic carbocycles. The van der Waals surface area contributed by atoms with Crippen molar-refractivity contribution >= 4 is 11.3 Å². The summed E-state index contributed by atoms with van der Waals surface area (Å²) >= 11 is 1.66. The molecule has 1 fully saturated rings. The van der Waals surface area contributed by atoms with Gasteiger partial charge in [-0.25, -0.2) is 4.98 Å². The normalized spacial score (nSPS) is 19.8. The molecule has 0 amide bonds. The molecule has 1 N–H and O–H groups in total. The van der Waals surface area contributed by atoms with E-state index in [0.717, 1.165) is 17.1 Å². The zero-order valence-electron chi connectivity index (χ0n) is 7.62. The number of ether oxygens (including phenoxy) is 1. The van der Waals surface area contributed by atoms with Crippen molar-refractivity contribution in [3.05, 3.63) is 16.1 Å². The fraction of sp³-hybridized carbons (Fsp3) is 0.667.